The predicted molar refractivity (Wildman–Crippen MR) is 88.8 cm³/mol. The zero-order chi connectivity index (χ0) is 15.5. The Morgan fingerprint density at radius 2 is 1.67 bits per heavy atom. The van der Waals surface area contributed by atoms with Crippen molar-refractivity contribution in [1.29, 1.82) is 0 Å². The Morgan fingerprint density at radius 1 is 1.05 bits per heavy atom. The molecule has 0 saturated heterocycles. The quantitative estimate of drug-likeness (QED) is 0.672. The Kier molecular flexibility index (Phi) is 8.99. The zero-order valence-electron chi connectivity index (χ0n) is 13.2. The Labute approximate surface area is 131 Å². The summed E-state index contributed by atoms with van der Waals surface area (Å²) in [4.78, 5) is 12.4. The number of hydrogen-bond acceptors (Lipinski definition) is 2. The Morgan fingerprint density at radius 3 is 2.33 bits per heavy atom. The van der Waals surface area contributed by atoms with Gasteiger partial charge in [0.25, 0.3) is 0 Å². The van der Waals surface area contributed by atoms with E-state index in [1.807, 2.05) is 31.2 Å². The molecule has 0 radical (unpaired) electrons. The second-order valence-electron chi connectivity index (χ2n) is 5.42. The van der Waals surface area contributed by atoms with Crippen LogP contribution < -0.4 is 5.32 Å². The lowest BCUT2D eigenvalue weighted by atomic mass is 10.1. The van der Waals surface area contributed by atoms with Crippen LogP contribution in [0.3, 0.4) is 0 Å². The first-order valence-electron chi connectivity index (χ1n) is 7.85. The van der Waals surface area contributed by atoms with E-state index in [0.717, 1.165) is 23.3 Å². The summed E-state index contributed by atoms with van der Waals surface area (Å²) in [5.41, 5.74) is 1.13. The minimum absolute atomic E-state index is 0.0545. The second-order valence-corrected chi connectivity index (χ2v) is 6.87. The van der Waals surface area contributed by atoms with Crippen molar-refractivity contribution in [3.63, 3.8) is 0 Å². The highest BCUT2D eigenvalue weighted by Gasteiger charge is 2.09. The second kappa shape index (κ2) is 10.6. The molecule has 0 aromatic heterocycles. The third-order valence-corrected chi connectivity index (χ3v) is 4.72. The normalized spacial score (nSPS) is 12.1. The Hall–Kier alpha value is -1.16. The van der Waals surface area contributed by atoms with Crippen LogP contribution in [0.5, 0.6) is 0 Å². The molecule has 1 aromatic rings. The van der Waals surface area contributed by atoms with Gasteiger partial charge in [0.05, 0.1) is 10.8 Å². The number of amides is 1. The lowest BCUT2D eigenvalue weighted by Gasteiger charge is -2.06. The van der Waals surface area contributed by atoms with Crippen LogP contribution in [-0.4, -0.2) is 22.4 Å². The molecule has 1 N–H and O–H groups in total. The van der Waals surface area contributed by atoms with Crippen molar-refractivity contribution in [2.45, 2.75) is 57.3 Å². The molecule has 1 amide bonds. The first-order valence-corrected chi connectivity index (χ1v) is 9.17. The van der Waals surface area contributed by atoms with Crippen molar-refractivity contribution in [2.24, 2.45) is 0 Å². The molecular weight excluding hydrogens is 282 g/mol. The minimum atomic E-state index is -1.25. The van der Waals surface area contributed by atoms with Gasteiger partial charge < -0.3 is 5.32 Å². The van der Waals surface area contributed by atoms with Crippen molar-refractivity contribution >= 4 is 16.7 Å². The van der Waals surface area contributed by atoms with Crippen LogP contribution in [0.25, 0.3) is 0 Å². The number of nitrogens with one attached hydrogen (secondary N) is 1. The number of rotatable bonds is 10. The van der Waals surface area contributed by atoms with Crippen LogP contribution in [0.4, 0.5) is 0 Å². The number of hydrogen-bond donors (Lipinski definition) is 1. The average Bonchev–Trinajstić information content (AvgIpc) is 2.47. The summed E-state index contributed by atoms with van der Waals surface area (Å²) < 4.78 is 12.0. The average molecular weight is 309 g/mol. The lowest BCUT2D eigenvalue weighted by molar-refractivity contribution is -0.118. The van der Waals surface area contributed by atoms with E-state index in [2.05, 4.69) is 12.2 Å². The Balaban J connectivity index is 2.15. The smallest absolute Gasteiger partial charge is 0.232 e. The van der Waals surface area contributed by atoms with Crippen LogP contribution in [0.1, 0.15) is 51.0 Å². The molecule has 0 aliphatic rings. The molecule has 0 heterocycles. The highest BCUT2D eigenvalue weighted by molar-refractivity contribution is 7.85. The SMILES string of the molecule is CCCCCCCCNC(=O)C[S@@](=O)c1ccc(C)cc1. The van der Waals surface area contributed by atoms with Gasteiger partial charge in [0.2, 0.25) is 5.91 Å². The number of unbranched alkanes of at least 4 members (excludes halogenated alkanes) is 5. The number of benzene rings is 1. The number of aryl methyl sites for hydroxylation is 1. The van der Waals surface area contributed by atoms with Gasteiger partial charge in [0, 0.05) is 11.4 Å². The summed E-state index contributed by atoms with van der Waals surface area (Å²) in [6.45, 7) is 4.88. The van der Waals surface area contributed by atoms with Crippen molar-refractivity contribution < 1.29 is 9.00 Å². The van der Waals surface area contributed by atoms with Gasteiger partial charge in [-0.1, -0.05) is 56.7 Å². The van der Waals surface area contributed by atoms with Crippen LogP contribution in [0, 0.1) is 6.92 Å². The van der Waals surface area contributed by atoms with E-state index in [9.17, 15) is 9.00 Å². The fraction of sp³-hybridized carbons (Fsp3) is 0.588. The maximum Gasteiger partial charge on any atom is 0.232 e. The predicted octanol–water partition coefficient (Wildman–Crippen LogP) is 3.58. The van der Waals surface area contributed by atoms with Gasteiger partial charge in [-0.3, -0.25) is 9.00 Å². The van der Waals surface area contributed by atoms with Crippen molar-refractivity contribution in [3.05, 3.63) is 29.8 Å². The maximum atomic E-state index is 12.0. The van der Waals surface area contributed by atoms with Gasteiger partial charge in [-0.2, -0.15) is 0 Å². The summed E-state index contributed by atoms with van der Waals surface area (Å²) in [6, 6.07) is 7.49. The van der Waals surface area contributed by atoms with Gasteiger partial charge in [-0.25, -0.2) is 0 Å². The maximum absolute atomic E-state index is 12.0. The van der Waals surface area contributed by atoms with E-state index in [0.29, 0.717) is 6.54 Å². The summed E-state index contributed by atoms with van der Waals surface area (Å²) in [7, 11) is -1.25. The molecule has 1 rings (SSSR count). The molecule has 4 heteroatoms. The molecule has 0 saturated carbocycles. The van der Waals surface area contributed by atoms with Crippen molar-refractivity contribution in [3.8, 4) is 0 Å². The largest absolute Gasteiger partial charge is 0.355 e. The molecule has 0 bridgehead atoms. The van der Waals surface area contributed by atoms with Crippen molar-refractivity contribution in [1.82, 2.24) is 5.32 Å². The molecule has 0 fully saturated rings. The number of carbonyl (C=O) groups is 1. The summed E-state index contributed by atoms with van der Waals surface area (Å²) in [5, 5.41) is 2.85. The Bertz CT molecular complexity index is 443. The van der Waals surface area contributed by atoms with E-state index in [4.69, 9.17) is 0 Å². The van der Waals surface area contributed by atoms with Gasteiger partial charge in [-0.15, -0.1) is 0 Å². The first kappa shape index (κ1) is 17.9. The molecule has 0 spiro atoms. The van der Waals surface area contributed by atoms with Crippen LogP contribution >= 0.6 is 0 Å². The summed E-state index contributed by atoms with van der Waals surface area (Å²) in [6.07, 6.45) is 7.22. The van der Waals surface area contributed by atoms with Crippen molar-refractivity contribution in [2.75, 3.05) is 12.3 Å². The zero-order valence-corrected chi connectivity index (χ0v) is 14.0. The fourth-order valence-corrected chi connectivity index (χ4v) is 3.02. The lowest BCUT2D eigenvalue weighted by Crippen LogP contribution is -2.29. The van der Waals surface area contributed by atoms with E-state index < -0.39 is 10.8 Å². The molecule has 0 aliphatic carbocycles. The standard InChI is InChI=1S/C17H27NO2S/c1-3-4-5-6-7-8-13-18-17(19)14-21(20)16-11-9-15(2)10-12-16/h9-12H,3-8,13-14H2,1-2H3,(H,18,19)/t21-/m1/s1. The first-order chi connectivity index (χ1) is 10.1. The van der Waals surface area contributed by atoms with Gasteiger partial charge in [0.15, 0.2) is 0 Å². The molecule has 0 aliphatic heterocycles. The third kappa shape index (κ3) is 8.00. The monoisotopic (exact) mass is 309 g/mol. The van der Waals surface area contributed by atoms with Crippen LogP contribution in [0.2, 0.25) is 0 Å². The molecule has 3 nitrogen and oxygen atoms in total. The highest BCUT2D eigenvalue weighted by atomic mass is 32.2. The third-order valence-electron chi connectivity index (χ3n) is 3.40. The van der Waals surface area contributed by atoms with Crippen LogP contribution in [-0.2, 0) is 15.6 Å². The minimum Gasteiger partial charge on any atom is -0.355 e. The van der Waals surface area contributed by atoms with Crippen LogP contribution in [0.15, 0.2) is 29.2 Å². The molecule has 21 heavy (non-hydrogen) atoms. The van der Waals surface area contributed by atoms with E-state index in [1.54, 1.807) is 0 Å². The van der Waals surface area contributed by atoms with E-state index >= 15 is 0 Å². The molecular formula is C17H27NO2S. The van der Waals surface area contributed by atoms with Gasteiger partial charge >= 0.3 is 0 Å². The molecule has 1 aromatic carbocycles. The molecule has 0 unspecified atom stereocenters. The summed E-state index contributed by atoms with van der Waals surface area (Å²) in [5.74, 6) is -0.0683. The van der Waals surface area contributed by atoms with Gasteiger partial charge in [-0.05, 0) is 25.5 Å². The summed E-state index contributed by atoms with van der Waals surface area (Å²) >= 11 is 0. The molecule has 118 valence electrons. The molecule has 1 atom stereocenters. The fourth-order valence-electron chi connectivity index (χ4n) is 2.08. The highest BCUT2D eigenvalue weighted by Crippen LogP contribution is 2.08. The number of carbonyl (C=O) groups excluding carboxylic acids is 1. The topological polar surface area (TPSA) is 46.2 Å². The van der Waals surface area contributed by atoms with Gasteiger partial charge in [0.1, 0.15) is 5.75 Å². The van der Waals surface area contributed by atoms with E-state index in [1.165, 1.54) is 25.7 Å². The van der Waals surface area contributed by atoms with E-state index in [-0.39, 0.29) is 11.7 Å².